The summed E-state index contributed by atoms with van der Waals surface area (Å²) < 4.78 is -0.0653. The van der Waals surface area contributed by atoms with Gasteiger partial charge in [-0.25, -0.2) is 0 Å². The maximum Gasteiger partial charge on any atom is 0.256 e. The average molecular weight is 216 g/mol. The molecule has 4 heteroatoms. The molecule has 0 saturated carbocycles. The number of hydrogen-bond acceptors (Lipinski definition) is 2. The number of thiocarbonyl (C=S) groups is 1. The fourth-order valence-corrected chi connectivity index (χ4v) is 0.853. The maximum atomic E-state index is 11.3. The highest BCUT2D eigenvalue weighted by atomic mass is 35.5. The molecule has 0 aromatic heterocycles. The zero-order valence-electron chi connectivity index (χ0n) is 7.21. The van der Waals surface area contributed by atoms with Crippen molar-refractivity contribution in [1.29, 1.82) is 0 Å². The van der Waals surface area contributed by atoms with E-state index in [1.54, 1.807) is 18.2 Å². The Labute approximate surface area is 88.0 Å². The number of hydrogen-bond donors (Lipinski definition) is 1. The van der Waals surface area contributed by atoms with Gasteiger partial charge in [0.25, 0.3) is 5.91 Å². The van der Waals surface area contributed by atoms with Crippen LogP contribution in [0.5, 0.6) is 0 Å². The van der Waals surface area contributed by atoms with Crippen molar-refractivity contribution in [3.8, 4) is 0 Å². The summed E-state index contributed by atoms with van der Waals surface area (Å²) >= 11 is 9.86. The predicted molar refractivity (Wildman–Crippen MR) is 59.7 cm³/mol. The van der Waals surface area contributed by atoms with Crippen molar-refractivity contribution in [1.82, 2.24) is 5.32 Å². The second-order valence-electron chi connectivity index (χ2n) is 2.09. The molecule has 0 unspecified atom stereocenters. The number of halogens is 1. The first-order valence-corrected chi connectivity index (χ1v) is 4.36. The molecule has 0 aliphatic rings. The lowest BCUT2D eigenvalue weighted by molar-refractivity contribution is -0.115. The molecular formula is C9H10ClNOS. The first kappa shape index (κ1) is 12.1. The van der Waals surface area contributed by atoms with Gasteiger partial charge >= 0.3 is 0 Å². The molecule has 0 bridgehead atoms. The van der Waals surface area contributed by atoms with E-state index in [9.17, 15) is 4.79 Å². The number of nitrogens with one attached hydrogen (secondary N) is 1. The first-order chi connectivity index (χ1) is 6.11. The standard InChI is InChI=1S/C9H10ClNOS/c1-3-5-7(6-4-2)8(12)11-9(10)13/h3-6H,1H2,2H3,(H,11,12,13)/b6-4-,7-5+. The molecule has 0 aromatic carbocycles. The van der Waals surface area contributed by atoms with Gasteiger partial charge in [-0.15, -0.1) is 0 Å². The summed E-state index contributed by atoms with van der Waals surface area (Å²) in [5.74, 6) is -0.335. The predicted octanol–water partition coefficient (Wildman–Crippen LogP) is 2.31. The minimum absolute atomic E-state index is 0.0653. The van der Waals surface area contributed by atoms with Crippen molar-refractivity contribution in [2.75, 3.05) is 0 Å². The molecule has 0 saturated heterocycles. The summed E-state index contributed by atoms with van der Waals surface area (Å²) in [6, 6.07) is 0. The lowest BCUT2D eigenvalue weighted by Gasteiger charge is -2.00. The Morgan fingerprint density at radius 3 is 2.62 bits per heavy atom. The third kappa shape index (κ3) is 5.33. The van der Waals surface area contributed by atoms with Crippen LogP contribution in [0, 0.1) is 0 Å². The van der Waals surface area contributed by atoms with Crippen molar-refractivity contribution < 1.29 is 4.79 Å². The summed E-state index contributed by atoms with van der Waals surface area (Å²) in [6.07, 6.45) is 6.48. The van der Waals surface area contributed by atoms with Gasteiger partial charge in [0.15, 0.2) is 4.45 Å². The van der Waals surface area contributed by atoms with Crippen LogP contribution >= 0.6 is 23.8 Å². The molecule has 0 aliphatic carbocycles. The highest BCUT2D eigenvalue weighted by Gasteiger charge is 2.05. The van der Waals surface area contributed by atoms with Gasteiger partial charge in [-0.1, -0.05) is 42.5 Å². The van der Waals surface area contributed by atoms with E-state index < -0.39 is 0 Å². The van der Waals surface area contributed by atoms with Crippen LogP contribution in [0.4, 0.5) is 0 Å². The molecule has 0 rings (SSSR count). The van der Waals surface area contributed by atoms with Gasteiger partial charge in [-0.05, 0) is 19.1 Å². The largest absolute Gasteiger partial charge is 0.303 e. The lowest BCUT2D eigenvalue weighted by atomic mass is 10.2. The van der Waals surface area contributed by atoms with Crippen molar-refractivity contribution in [3.63, 3.8) is 0 Å². The van der Waals surface area contributed by atoms with E-state index in [-0.39, 0.29) is 10.4 Å². The Balaban J connectivity index is 4.56. The Hall–Kier alpha value is -0.930. The van der Waals surface area contributed by atoms with Gasteiger partial charge in [0.2, 0.25) is 0 Å². The fraction of sp³-hybridized carbons (Fsp3) is 0.111. The third-order valence-electron chi connectivity index (χ3n) is 1.12. The number of carbonyl (C=O) groups excluding carboxylic acids is 1. The molecular weight excluding hydrogens is 206 g/mol. The van der Waals surface area contributed by atoms with E-state index in [0.717, 1.165) is 0 Å². The number of carbonyl (C=O) groups is 1. The number of allylic oxidation sites excluding steroid dienone is 3. The Bertz CT molecular complexity index is 281. The molecule has 1 N–H and O–H groups in total. The minimum atomic E-state index is -0.335. The lowest BCUT2D eigenvalue weighted by Crippen LogP contribution is -2.26. The monoisotopic (exact) mass is 215 g/mol. The van der Waals surface area contributed by atoms with Crippen LogP contribution in [0.1, 0.15) is 6.92 Å². The first-order valence-electron chi connectivity index (χ1n) is 3.58. The van der Waals surface area contributed by atoms with Crippen LogP contribution in [0.15, 0.2) is 36.5 Å². The van der Waals surface area contributed by atoms with Crippen molar-refractivity contribution in [2.45, 2.75) is 6.92 Å². The molecule has 1 amide bonds. The van der Waals surface area contributed by atoms with Crippen LogP contribution in [-0.2, 0) is 4.79 Å². The minimum Gasteiger partial charge on any atom is -0.303 e. The summed E-state index contributed by atoms with van der Waals surface area (Å²) in [5.41, 5.74) is 0.459. The molecule has 0 aliphatic heterocycles. The van der Waals surface area contributed by atoms with Gasteiger partial charge in [-0.2, -0.15) is 0 Å². The molecule has 0 atom stereocenters. The topological polar surface area (TPSA) is 29.1 Å². The van der Waals surface area contributed by atoms with Gasteiger partial charge in [0.1, 0.15) is 0 Å². The van der Waals surface area contributed by atoms with Crippen LogP contribution < -0.4 is 5.32 Å². The van der Waals surface area contributed by atoms with Gasteiger partial charge in [0, 0.05) is 5.57 Å². The summed E-state index contributed by atoms with van der Waals surface area (Å²) in [7, 11) is 0. The number of amides is 1. The van der Waals surface area contributed by atoms with Crippen LogP contribution in [0.2, 0.25) is 0 Å². The Morgan fingerprint density at radius 2 is 2.23 bits per heavy atom. The Morgan fingerprint density at radius 1 is 1.62 bits per heavy atom. The van der Waals surface area contributed by atoms with E-state index in [4.69, 9.17) is 11.6 Å². The van der Waals surface area contributed by atoms with E-state index >= 15 is 0 Å². The SMILES string of the molecule is C=C/C=C(\C=C/C)C(=O)NC(=S)Cl. The third-order valence-corrected chi connectivity index (χ3v) is 1.31. The van der Waals surface area contributed by atoms with Crippen LogP contribution in [0.3, 0.4) is 0 Å². The highest BCUT2D eigenvalue weighted by Crippen LogP contribution is 1.98. The smallest absolute Gasteiger partial charge is 0.256 e. The molecule has 0 fully saturated rings. The molecule has 0 aromatic rings. The molecule has 2 nitrogen and oxygen atoms in total. The fourth-order valence-electron chi connectivity index (χ4n) is 0.675. The summed E-state index contributed by atoms with van der Waals surface area (Å²) in [5, 5.41) is 2.30. The Kier molecular flexibility index (Phi) is 6.10. The van der Waals surface area contributed by atoms with Crippen molar-refractivity contribution in [3.05, 3.63) is 36.5 Å². The highest BCUT2D eigenvalue weighted by molar-refractivity contribution is 7.83. The zero-order chi connectivity index (χ0) is 10.3. The molecule has 13 heavy (non-hydrogen) atoms. The van der Waals surface area contributed by atoms with E-state index in [1.165, 1.54) is 6.08 Å². The summed E-state index contributed by atoms with van der Waals surface area (Å²) in [6.45, 7) is 5.30. The van der Waals surface area contributed by atoms with Crippen molar-refractivity contribution in [2.24, 2.45) is 0 Å². The number of rotatable bonds is 3. The molecule has 0 radical (unpaired) electrons. The quantitative estimate of drug-likeness (QED) is 0.257. The normalized spacial score (nSPS) is 11.4. The average Bonchev–Trinajstić information content (AvgIpc) is 2.02. The van der Waals surface area contributed by atoms with E-state index in [1.807, 2.05) is 6.92 Å². The van der Waals surface area contributed by atoms with E-state index in [0.29, 0.717) is 5.57 Å². The van der Waals surface area contributed by atoms with Crippen LogP contribution in [-0.4, -0.2) is 10.4 Å². The maximum absolute atomic E-state index is 11.3. The van der Waals surface area contributed by atoms with Gasteiger partial charge in [-0.3, -0.25) is 4.79 Å². The summed E-state index contributed by atoms with van der Waals surface area (Å²) in [4.78, 5) is 11.3. The van der Waals surface area contributed by atoms with Crippen molar-refractivity contribution >= 4 is 34.2 Å². The van der Waals surface area contributed by atoms with Crippen LogP contribution in [0.25, 0.3) is 0 Å². The molecule has 0 heterocycles. The zero-order valence-corrected chi connectivity index (χ0v) is 8.78. The second-order valence-corrected chi connectivity index (χ2v) is 3.10. The molecule has 70 valence electrons. The van der Waals surface area contributed by atoms with E-state index in [2.05, 4.69) is 24.1 Å². The van der Waals surface area contributed by atoms with Gasteiger partial charge in [0.05, 0.1) is 0 Å². The van der Waals surface area contributed by atoms with Gasteiger partial charge < -0.3 is 5.32 Å². The second kappa shape index (κ2) is 6.57. The molecule has 0 spiro atoms.